The highest BCUT2D eigenvalue weighted by atomic mass is 16.5. The van der Waals surface area contributed by atoms with E-state index in [9.17, 15) is 9.90 Å². The smallest absolute Gasteiger partial charge is 0.323 e. The summed E-state index contributed by atoms with van der Waals surface area (Å²) in [4.78, 5) is 11.9. The van der Waals surface area contributed by atoms with Crippen LogP contribution in [0.4, 0.5) is 0 Å². The van der Waals surface area contributed by atoms with Crippen LogP contribution in [-0.4, -0.2) is 11.1 Å². The summed E-state index contributed by atoms with van der Waals surface area (Å²) in [5.41, 5.74) is 1.39. The number of benzene rings is 2. The molecule has 3 nitrogen and oxygen atoms in total. The second kappa shape index (κ2) is 3.63. The zero-order valence-corrected chi connectivity index (χ0v) is 8.96. The molecule has 3 rings (SSSR count). The molecule has 1 aliphatic heterocycles. The van der Waals surface area contributed by atoms with E-state index in [2.05, 4.69) is 0 Å². The van der Waals surface area contributed by atoms with E-state index in [0.717, 1.165) is 5.56 Å². The summed E-state index contributed by atoms with van der Waals surface area (Å²) < 4.78 is 5.16. The van der Waals surface area contributed by atoms with Crippen LogP contribution in [0.5, 0.6) is 11.5 Å². The van der Waals surface area contributed by atoms with Gasteiger partial charge in [0, 0.05) is 0 Å². The van der Waals surface area contributed by atoms with Gasteiger partial charge < -0.3 is 9.84 Å². The molecule has 0 saturated carbocycles. The summed E-state index contributed by atoms with van der Waals surface area (Å²) in [5, 5.41) is 9.85. The van der Waals surface area contributed by atoms with Crippen LogP contribution in [0.2, 0.25) is 0 Å². The fourth-order valence-electron chi connectivity index (χ4n) is 2.14. The van der Waals surface area contributed by atoms with Gasteiger partial charge in [-0.15, -0.1) is 0 Å². The Morgan fingerprint density at radius 3 is 2.53 bits per heavy atom. The van der Waals surface area contributed by atoms with Crippen LogP contribution < -0.4 is 4.74 Å². The average molecular weight is 226 g/mol. The lowest BCUT2D eigenvalue weighted by atomic mass is 9.92. The van der Waals surface area contributed by atoms with Gasteiger partial charge in [-0.05, 0) is 17.7 Å². The summed E-state index contributed by atoms with van der Waals surface area (Å²) in [6.45, 7) is 0. The number of esters is 1. The molecule has 1 heterocycles. The maximum atomic E-state index is 11.9. The summed E-state index contributed by atoms with van der Waals surface area (Å²) in [5.74, 6) is -0.314. The summed E-state index contributed by atoms with van der Waals surface area (Å²) in [6, 6.07) is 14.2. The Hall–Kier alpha value is -2.29. The normalized spacial score (nSPS) is 17.6. The monoisotopic (exact) mass is 226 g/mol. The van der Waals surface area contributed by atoms with Crippen LogP contribution in [0.3, 0.4) is 0 Å². The minimum absolute atomic E-state index is 0.0993. The van der Waals surface area contributed by atoms with Crippen molar-refractivity contribution in [1.82, 2.24) is 0 Å². The Balaban J connectivity index is 2.18. The summed E-state index contributed by atoms with van der Waals surface area (Å²) in [7, 11) is 0. The molecule has 3 heteroatoms. The number of fused-ring (bicyclic) bond motifs is 1. The number of ether oxygens (including phenoxy) is 1. The van der Waals surface area contributed by atoms with Gasteiger partial charge >= 0.3 is 5.97 Å². The molecule has 0 spiro atoms. The van der Waals surface area contributed by atoms with Crippen LogP contribution in [0.25, 0.3) is 0 Å². The fourth-order valence-corrected chi connectivity index (χ4v) is 2.14. The van der Waals surface area contributed by atoms with Gasteiger partial charge in [0.2, 0.25) is 0 Å². The van der Waals surface area contributed by atoms with E-state index in [1.54, 1.807) is 18.2 Å². The van der Waals surface area contributed by atoms with E-state index in [4.69, 9.17) is 4.74 Å². The van der Waals surface area contributed by atoms with Crippen LogP contribution in [-0.2, 0) is 4.79 Å². The second-order valence-electron chi connectivity index (χ2n) is 3.95. The molecule has 2 aromatic rings. The van der Waals surface area contributed by atoms with Gasteiger partial charge in [-0.25, -0.2) is 0 Å². The van der Waals surface area contributed by atoms with Crippen molar-refractivity contribution in [3.8, 4) is 11.5 Å². The lowest BCUT2D eigenvalue weighted by Gasteiger charge is -2.08. The number of phenols is 1. The first-order valence-corrected chi connectivity index (χ1v) is 5.36. The Morgan fingerprint density at radius 2 is 1.76 bits per heavy atom. The first kappa shape index (κ1) is 9.90. The number of carbonyl (C=O) groups excluding carboxylic acids is 1. The van der Waals surface area contributed by atoms with E-state index < -0.39 is 5.92 Å². The van der Waals surface area contributed by atoms with Crippen LogP contribution in [0.1, 0.15) is 17.0 Å². The molecular weight excluding hydrogens is 216 g/mol. The molecule has 0 radical (unpaired) electrons. The number of aromatic hydroxyl groups is 1. The lowest BCUT2D eigenvalue weighted by molar-refractivity contribution is -0.133. The van der Waals surface area contributed by atoms with Crippen LogP contribution in [0, 0.1) is 0 Å². The first-order chi connectivity index (χ1) is 8.27. The summed E-state index contributed by atoms with van der Waals surface area (Å²) in [6.07, 6.45) is 0. The number of phenolic OH excluding ortho intramolecular Hbond substituents is 1. The zero-order valence-electron chi connectivity index (χ0n) is 8.96. The minimum atomic E-state index is -0.521. The lowest BCUT2D eigenvalue weighted by Crippen LogP contribution is -2.11. The summed E-state index contributed by atoms with van der Waals surface area (Å²) >= 11 is 0. The van der Waals surface area contributed by atoms with Crippen molar-refractivity contribution in [2.45, 2.75) is 5.92 Å². The highest BCUT2D eigenvalue weighted by Crippen LogP contribution is 2.43. The largest absolute Gasteiger partial charge is 0.507 e. The van der Waals surface area contributed by atoms with Crippen molar-refractivity contribution in [2.75, 3.05) is 0 Å². The van der Waals surface area contributed by atoms with Gasteiger partial charge in [0.1, 0.15) is 17.4 Å². The van der Waals surface area contributed by atoms with Gasteiger partial charge in [-0.3, -0.25) is 4.79 Å². The Kier molecular flexibility index (Phi) is 2.11. The maximum Gasteiger partial charge on any atom is 0.323 e. The second-order valence-corrected chi connectivity index (χ2v) is 3.95. The Labute approximate surface area is 98.3 Å². The Bertz CT molecular complexity index is 575. The third-order valence-corrected chi connectivity index (χ3v) is 2.91. The number of hydrogen-bond donors (Lipinski definition) is 1. The van der Waals surface area contributed by atoms with Crippen molar-refractivity contribution < 1.29 is 14.6 Å². The predicted molar refractivity (Wildman–Crippen MR) is 62.0 cm³/mol. The quantitative estimate of drug-likeness (QED) is 0.600. The molecule has 1 aliphatic rings. The maximum absolute atomic E-state index is 11.9. The Morgan fingerprint density at radius 1 is 1.00 bits per heavy atom. The standard InChI is InChI=1S/C14H10O3/c15-10-7-4-8-11-13(10)12(14(16)17-11)9-5-2-1-3-6-9/h1-8,12,15H. The third-order valence-electron chi connectivity index (χ3n) is 2.91. The molecule has 0 bridgehead atoms. The van der Waals surface area contributed by atoms with Crippen molar-refractivity contribution in [3.05, 3.63) is 59.7 Å². The minimum Gasteiger partial charge on any atom is -0.507 e. The van der Waals surface area contributed by atoms with Gasteiger partial charge in [-0.2, -0.15) is 0 Å². The van der Waals surface area contributed by atoms with Gasteiger partial charge in [0.15, 0.2) is 0 Å². The van der Waals surface area contributed by atoms with E-state index in [1.165, 1.54) is 0 Å². The first-order valence-electron chi connectivity index (χ1n) is 5.36. The van der Waals surface area contributed by atoms with E-state index in [0.29, 0.717) is 11.3 Å². The van der Waals surface area contributed by atoms with Crippen LogP contribution in [0.15, 0.2) is 48.5 Å². The topological polar surface area (TPSA) is 46.5 Å². The third kappa shape index (κ3) is 1.47. The van der Waals surface area contributed by atoms with Crippen LogP contribution >= 0.6 is 0 Å². The molecule has 0 aliphatic carbocycles. The SMILES string of the molecule is O=C1Oc2cccc(O)c2C1c1ccccc1. The molecule has 1 N–H and O–H groups in total. The number of hydrogen-bond acceptors (Lipinski definition) is 3. The number of carbonyl (C=O) groups is 1. The van der Waals surface area contributed by atoms with Gasteiger partial charge in [0.05, 0.1) is 5.56 Å². The number of rotatable bonds is 1. The van der Waals surface area contributed by atoms with Crippen molar-refractivity contribution in [1.29, 1.82) is 0 Å². The molecule has 17 heavy (non-hydrogen) atoms. The molecule has 1 atom stereocenters. The molecule has 0 fully saturated rings. The zero-order chi connectivity index (χ0) is 11.8. The van der Waals surface area contributed by atoms with Gasteiger partial charge in [0.25, 0.3) is 0 Å². The molecule has 1 unspecified atom stereocenters. The predicted octanol–water partition coefficient (Wildman–Crippen LogP) is 2.44. The molecule has 0 saturated heterocycles. The average Bonchev–Trinajstić information content (AvgIpc) is 2.68. The molecule has 0 aromatic heterocycles. The van der Waals surface area contributed by atoms with Crippen molar-refractivity contribution in [3.63, 3.8) is 0 Å². The van der Waals surface area contributed by atoms with Crippen molar-refractivity contribution in [2.24, 2.45) is 0 Å². The van der Waals surface area contributed by atoms with E-state index >= 15 is 0 Å². The van der Waals surface area contributed by atoms with Crippen molar-refractivity contribution >= 4 is 5.97 Å². The van der Waals surface area contributed by atoms with Gasteiger partial charge in [-0.1, -0.05) is 36.4 Å². The molecular formula is C14H10O3. The molecule has 84 valence electrons. The molecule has 0 amide bonds. The molecule has 2 aromatic carbocycles. The highest BCUT2D eigenvalue weighted by Gasteiger charge is 2.36. The van der Waals surface area contributed by atoms with E-state index in [1.807, 2.05) is 30.3 Å². The van der Waals surface area contributed by atoms with E-state index in [-0.39, 0.29) is 11.7 Å². The highest BCUT2D eigenvalue weighted by molar-refractivity contribution is 5.90. The fraction of sp³-hybridized carbons (Fsp3) is 0.0714.